The molecule has 1 aliphatic rings. The molecular weight excluding hydrogens is 348 g/mol. The van der Waals surface area contributed by atoms with Crippen LogP contribution in [-0.4, -0.2) is 23.0 Å². The normalized spacial score (nSPS) is 19.7. The molecule has 2 unspecified atom stereocenters. The SMILES string of the molecule is CC(=O)OC(C(=O)C1(c2ncc(C(C)C)s2)C=CC=N1)c1ccccc1. The van der Waals surface area contributed by atoms with E-state index in [4.69, 9.17) is 4.74 Å². The van der Waals surface area contributed by atoms with Crippen LogP contribution in [0.4, 0.5) is 0 Å². The zero-order valence-electron chi connectivity index (χ0n) is 14.9. The van der Waals surface area contributed by atoms with E-state index in [1.165, 1.54) is 18.3 Å². The Balaban J connectivity index is 2.05. The first-order chi connectivity index (χ1) is 12.4. The lowest BCUT2D eigenvalue weighted by molar-refractivity contribution is -0.155. The van der Waals surface area contributed by atoms with Gasteiger partial charge in [-0.25, -0.2) is 4.98 Å². The number of nitrogens with zero attached hydrogens (tertiary/aromatic N) is 2. The van der Waals surface area contributed by atoms with Gasteiger partial charge in [0.2, 0.25) is 5.78 Å². The second kappa shape index (κ2) is 7.33. The molecule has 26 heavy (non-hydrogen) atoms. The molecule has 0 radical (unpaired) electrons. The van der Waals surface area contributed by atoms with Gasteiger partial charge in [-0.3, -0.25) is 14.6 Å². The monoisotopic (exact) mass is 368 g/mol. The average Bonchev–Trinajstić information content (AvgIpc) is 3.29. The first kappa shape index (κ1) is 18.2. The lowest BCUT2D eigenvalue weighted by atomic mass is 9.89. The van der Waals surface area contributed by atoms with Crippen molar-refractivity contribution in [1.29, 1.82) is 0 Å². The van der Waals surface area contributed by atoms with E-state index in [1.54, 1.807) is 48.8 Å². The third-order valence-electron chi connectivity index (χ3n) is 4.12. The molecule has 2 aromatic rings. The first-order valence-electron chi connectivity index (χ1n) is 8.40. The number of carbonyl (C=O) groups excluding carboxylic acids is 2. The van der Waals surface area contributed by atoms with Crippen molar-refractivity contribution in [3.63, 3.8) is 0 Å². The number of thiazole rings is 1. The minimum absolute atomic E-state index is 0.307. The van der Waals surface area contributed by atoms with Gasteiger partial charge in [-0.1, -0.05) is 44.2 Å². The Morgan fingerprint density at radius 3 is 2.46 bits per heavy atom. The third kappa shape index (κ3) is 3.37. The molecule has 5 nitrogen and oxygen atoms in total. The summed E-state index contributed by atoms with van der Waals surface area (Å²) in [6.45, 7) is 5.44. The Bertz CT molecular complexity index is 856. The number of carbonyl (C=O) groups is 2. The highest BCUT2D eigenvalue weighted by Gasteiger charge is 2.46. The summed E-state index contributed by atoms with van der Waals surface area (Å²) in [4.78, 5) is 35.1. The molecule has 0 amide bonds. The van der Waals surface area contributed by atoms with Gasteiger partial charge in [0, 0.05) is 29.8 Å². The van der Waals surface area contributed by atoms with Crippen molar-refractivity contribution in [3.05, 3.63) is 64.1 Å². The fourth-order valence-electron chi connectivity index (χ4n) is 2.76. The van der Waals surface area contributed by atoms with Gasteiger partial charge in [0.15, 0.2) is 11.6 Å². The number of esters is 1. The quantitative estimate of drug-likeness (QED) is 0.723. The number of hydrogen-bond donors (Lipinski definition) is 0. The summed E-state index contributed by atoms with van der Waals surface area (Å²) in [5, 5.41) is 0.587. The highest BCUT2D eigenvalue weighted by Crippen LogP contribution is 2.40. The van der Waals surface area contributed by atoms with Crippen molar-refractivity contribution in [2.75, 3.05) is 0 Å². The zero-order valence-corrected chi connectivity index (χ0v) is 15.7. The van der Waals surface area contributed by atoms with Crippen LogP contribution in [0.1, 0.15) is 48.2 Å². The van der Waals surface area contributed by atoms with Crippen molar-refractivity contribution in [2.45, 2.75) is 38.3 Å². The summed E-state index contributed by atoms with van der Waals surface area (Å²) >= 11 is 1.46. The van der Waals surface area contributed by atoms with Crippen LogP contribution >= 0.6 is 11.3 Å². The molecule has 1 aliphatic heterocycles. The maximum atomic E-state index is 13.5. The molecule has 1 aromatic carbocycles. The summed E-state index contributed by atoms with van der Waals surface area (Å²) in [7, 11) is 0. The number of ether oxygens (including phenoxy) is 1. The molecule has 0 aliphatic carbocycles. The van der Waals surface area contributed by atoms with Gasteiger partial charge >= 0.3 is 5.97 Å². The van der Waals surface area contributed by atoms with Crippen LogP contribution in [0.5, 0.6) is 0 Å². The molecule has 0 bridgehead atoms. The van der Waals surface area contributed by atoms with Crippen molar-refractivity contribution in [1.82, 2.24) is 4.98 Å². The summed E-state index contributed by atoms with van der Waals surface area (Å²) < 4.78 is 5.39. The predicted molar refractivity (Wildman–Crippen MR) is 101 cm³/mol. The summed E-state index contributed by atoms with van der Waals surface area (Å²) in [5.74, 6) is -0.537. The molecule has 2 heterocycles. The second-order valence-electron chi connectivity index (χ2n) is 6.39. The minimum Gasteiger partial charge on any atom is -0.449 e. The Hall–Kier alpha value is -2.60. The second-order valence-corrected chi connectivity index (χ2v) is 7.45. The number of benzene rings is 1. The molecule has 3 rings (SSSR count). The van der Waals surface area contributed by atoms with Crippen LogP contribution in [0.2, 0.25) is 0 Å². The van der Waals surface area contributed by atoms with Crippen molar-refractivity contribution in [2.24, 2.45) is 4.99 Å². The molecule has 134 valence electrons. The molecule has 6 heteroatoms. The van der Waals surface area contributed by atoms with E-state index in [1.807, 2.05) is 6.07 Å². The van der Waals surface area contributed by atoms with Crippen molar-refractivity contribution < 1.29 is 14.3 Å². The van der Waals surface area contributed by atoms with Crippen LogP contribution in [0.15, 0.2) is 53.7 Å². The van der Waals surface area contributed by atoms with Crippen LogP contribution in [0.25, 0.3) is 0 Å². The lowest BCUT2D eigenvalue weighted by Gasteiger charge is -2.26. The zero-order chi connectivity index (χ0) is 18.7. The van der Waals surface area contributed by atoms with E-state index >= 15 is 0 Å². The summed E-state index contributed by atoms with van der Waals surface area (Å²) in [5.41, 5.74) is -0.642. The molecule has 0 fully saturated rings. The molecule has 0 saturated heterocycles. The molecule has 2 atom stereocenters. The smallest absolute Gasteiger partial charge is 0.303 e. The maximum absolute atomic E-state index is 13.5. The Morgan fingerprint density at radius 2 is 1.92 bits per heavy atom. The number of Topliss-reactive ketones (excluding diaryl/α,β-unsaturated/α-hetero) is 1. The number of hydrogen-bond acceptors (Lipinski definition) is 6. The lowest BCUT2D eigenvalue weighted by Crippen LogP contribution is -2.36. The fraction of sp³-hybridized carbons (Fsp3) is 0.300. The molecule has 0 spiro atoms. The first-order valence-corrected chi connectivity index (χ1v) is 9.21. The maximum Gasteiger partial charge on any atom is 0.303 e. The average molecular weight is 368 g/mol. The standard InChI is InChI=1S/C20H20N2O3S/c1-13(2)16-12-21-19(26-16)20(10-7-11-22-20)18(24)17(25-14(3)23)15-8-5-4-6-9-15/h4-13,17H,1-3H3. The van der Waals surface area contributed by atoms with Gasteiger partial charge in [0.05, 0.1) is 0 Å². The Morgan fingerprint density at radius 1 is 1.19 bits per heavy atom. The van der Waals surface area contributed by atoms with Gasteiger partial charge in [-0.2, -0.15) is 0 Å². The molecule has 1 aromatic heterocycles. The van der Waals surface area contributed by atoms with E-state index in [-0.39, 0.29) is 5.78 Å². The van der Waals surface area contributed by atoms with Crippen LogP contribution in [0, 0.1) is 0 Å². The Kier molecular flexibility index (Phi) is 5.13. The van der Waals surface area contributed by atoms with Crippen molar-refractivity contribution in [3.8, 4) is 0 Å². The van der Waals surface area contributed by atoms with Crippen LogP contribution < -0.4 is 0 Å². The van der Waals surface area contributed by atoms with Gasteiger partial charge in [-0.15, -0.1) is 11.3 Å². The number of rotatable bonds is 6. The Labute approximate surface area is 156 Å². The molecular formula is C20H20N2O3S. The minimum atomic E-state index is -1.26. The van der Waals surface area contributed by atoms with Crippen LogP contribution in [-0.2, 0) is 19.9 Å². The van der Waals surface area contributed by atoms with E-state index in [0.29, 0.717) is 16.5 Å². The largest absolute Gasteiger partial charge is 0.449 e. The molecule has 0 N–H and O–H groups in total. The van der Waals surface area contributed by atoms with Crippen LogP contribution in [0.3, 0.4) is 0 Å². The van der Waals surface area contributed by atoms with Gasteiger partial charge in [-0.05, 0) is 18.1 Å². The number of aromatic nitrogens is 1. The summed E-state index contributed by atoms with van der Waals surface area (Å²) in [6.07, 6.45) is 5.77. The number of allylic oxidation sites excluding steroid dienone is 1. The van der Waals surface area contributed by atoms with E-state index in [0.717, 1.165) is 4.88 Å². The third-order valence-corrected chi connectivity index (χ3v) is 5.54. The highest BCUT2D eigenvalue weighted by atomic mass is 32.1. The fourth-order valence-corrected chi connectivity index (χ4v) is 3.81. The van der Waals surface area contributed by atoms with E-state index in [2.05, 4.69) is 23.8 Å². The summed E-state index contributed by atoms with van der Waals surface area (Å²) in [6, 6.07) is 8.99. The number of ketones is 1. The van der Waals surface area contributed by atoms with Gasteiger partial charge < -0.3 is 4.74 Å². The highest BCUT2D eigenvalue weighted by molar-refractivity contribution is 7.12. The van der Waals surface area contributed by atoms with Gasteiger partial charge in [0.25, 0.3) is 0 Å². The molecule has 0 saturated carbocycles. The van der Waals surface area contributed by atoms with E-state index < -0.39 is 17.6 Å². The van der Waals surface area contributed by atoms with E-state index in [9.17, 15) is 9.59 Å². The van der Waals surface area contributed by atoms with Gasteiger partial charge in [0.1, 0.15) is 5.01 Å². The van der Waals surface area contributed by atoms with Crippen molar-refractivity contribution >= 4 is 29.3 Å². The number of aliphatic imine (C=N–C) groups is 1. The predicted octanol–water partition coefficient (Wildman–Crippen LogP) is 3.98. The topological polar surface area (TPSA) is 68.6 Å².